The number of Topliss-reactive ketones (excluding diaryl/α,β-unsaturated/α-hetero) is 1. The van der Waals surface area contributed by atoms with E-state index in [9.17, 15) is 9.59 Å². The third kappa shape index (κ3) is 2.94. The number of ketones is 1. The van der Waals surface area contributed by atoms with Gasteiger partial charge in [0.15, 0.2) is 11.5 Å². The van der Waals surface area contributed by atoms with Crippen molar-refractivity contribution in [1.82, 2.24) is 0 Å². The number of carbonyl (C=O) groups is 2. The second-order valence-corrected chi connectivity index (χ2v) is 6.98. The number of furan rings is 1. The first kappa shape index (κ1) is 16.3. The highest BCUT2D eigenvalue weighted by molar-refractivity contribution is 6.07. The summed E-state index contributed by atoms with van der Waals surface area (Å²) in [6, 6.07) is 7.04. The SMILES string of the molecule is COc1ccc(NC(=O)c2oc3c(c2C)C(=O)CC(C)(C)C3)cc1. The molecule has 3 rings (SSSR count). The first-order valence-electron chi connectivity index (χ1n) is 7.91. The van der Waals surface area contributed by atoms with E-state index < -0.39 is 0 Å². The summed E-state index contributed by atoms with van der Waals surface area (Å²) >= 11 is 0. The van der Waals surface area contributed by atoms with Crippen LogP contribution in [0.5, 0.6) is 5.75 Å². The molecule has 0 aliphatic heterocycles. The van der Waals surface area contributed by atoms with Gasteiger partial charge in [-0.15, -0.1) is 0 Å². The minimum Gasteiger partial charge on any atom is -0.497 e. The number of nitrogens with one attached hydrogen (secondary N) is 1. The molecule has 0 bridgehead atoms. The molecule has 1 aliphatic carbocycles. The van der Waals surface area contributed by atoms with Gasteiger partial charge in [0.2, 0.25) is 0 Å². The molecule has 1 amide bonds. The first-order valence-corrected chi connectivity index (χ1v) is 7.91. The standard InChI is InChI=1S/C19H21NO4/c1-11-16-14(21)9-19(2,3)10-15(16)24-17(11)18(22)20-12-5-7-13(23-4)8-6-12/h5-8H,9-10H2,1-4H3,(H,20,22). The zero-order valence-corrected chi connectivity index (χ0v) is 14.4. The number of anilines is 1. The number of benzene rings is 1. The highest BCUT2D eigenvalue weighted by Gasteiger charge is 2.37. The molecule has 0 saturated carbocycles. The Bertz CT molecular complexity index is 800. The van der Waals surface area contributed by atoms with Crippen molar-refractivity contribution < 1.29 is 18.7 Å². The van der Waals surface area contributed by atoms with E-state index in [1.807, 2.05) is 13.8 Å². The molecule has 0 fully saturated rings. The summed E-state index contributed by atoms with van der Waals surface area (Å²) in [6.07, 6.45) is 1.13. The van der Waals surface area contributed by atoms with Gasteiger partial charge >= 0.3 is 0 Å². The second-order valence-electron chi connectivity index (χ2n) is 6.98. The molecule has 24 heavy (non-hydrogen) atoms. The highest BCUT2D eigenvalue weighted by atomic mass is 16.5. The number of methoxy groups -OCH3 is 1. The van der Waals surface area contributed by atoms with Crippen LogP contribution in [-0.4, -0.2) is 18.8 Å². The monoisotopic (exact) mass is 327 g/mol. The van der Waals surface area contributed by atoms with E-state index in [0.29, 0.717) is 41.2 Å². The molecule has 1 N–H and O–H groups in total. The fourth-order valence-corrected chi connectivity index (χ4v) is 3.16. The maximum absolute atomic E-state index is 12.5. The smallest absolute Gasteiger partial charge is 0.291 e. The predicted octanol–water partition coefficient (Wildman–Crippen LogP) is 4.00. The van der Waals surface area contributed by atoms with Crippen LogP contribution < -0.4 is 10.1 Å². The Morgan fingerprint density at radius 3 is 2.50 bits per heavy atom. The lowest BCUT2D eigenvalue weighted by molar-refractivity contribution is 0.0898. The van der Waals surface area contributed by atoms with Crippen LogP contribution in [0.25, 0.3) is 0 Å². The van der Waals surface area contributed by atoms with Crippen molar-refractivity contribution in [1.29, 1.82) is 0 Å². The molecule has 0 atom stereocenters. The third-order valence-electron chi connectivity index (χ3n) is 4.33. The molecule has 1 aliphatic rings. The van der Waals surface area contributed by atoms with E-state index in [-0.39, 0.29) is 22.9 Å². The van der Waals surface area contributed by atoms with E-state index >= 15 is 0 Å². The lowest BCUT2D eigenvalue weighted by atomic mass is 9.76. The molecule has 2 aromatic rings. The van der Waals surface area contributed by atoms with Crippen LogP contribution in [0.3, 0.4) is 0 Å². The number of fused-ring (bicyclic) bond motifs is 1. The molecular weight excluding hydrogens is 306 g/mol. The molecule has 1 aromatic carbocycles. The summed E-state index contributed by atoms with van der Waals surface area (Å²) < 4.78 is 10.9. The van der Waals surface area contributed by atoms with Crippen molar-refractivity contribution in [3.63, 3.8) is 0 Å². The van der Waals surface area contributed by atoms with Gasteiger partial charge < -0.3 is 14.5 Å². The normalized spacial score (nSPS) is 15.8. The van der Waals surface area contributed by atoms with Crippen LogP contribution in [0.1, 0.15) is 52.5 Å². The number of ether oxygens (including phenoxy) is 1. The van der Waals surface area contributed by atoms with E-state index in [1.54, 1.807) is 38.3 Å². The summed E-state index contributed by atoms with van der Waals surface area (Å²) in [5.74, 6) is 1.24. The third-order valence-corrected chi connectivity index (χ3v) is 4.33. The van der Waals surface area contributed by atoms with Gasteiger partial charge in [-0.3, -0.25) is 9.59 Å². The first-order chi connectivity index (χ1) is 11.3. The maximum Gasteiger partial charge on any atom is 0.291 e. The number of amides is 1. The molecule has 0 saturated heterocycles. The predicted molar refractivity (Wildman–Crippen MR) is 90.8 cm³/mol. The van der Waals surface area contributed by atoms with Gasteiger partial charge in [0.25, 0.3) is 5.91 Å². The van der Waals surface area contributed by atoms with E-state index in [1.165, 1.54) is 0 Å². The van der Waals surface area contributed by atoms with Crippen molar-refractivity contribution in [2.24, 2.45) is 5.41 Å². The maximum atomic E-state index is 12.5. The lowest BCUT2D eigenvalue weighted by Crippen LogP contribution is -2.26. The van der Waals surface area contributed by atoms with Crippen molar-refractivity contribution in [2.75, 3.05) is 12.4 Å². The van der Waals surface area contributed by atoms with Crippen LogP contribution in [-0.2, 0) is 6.42 Å². The molecule has 126 valence electrons. The molecule has 1 heterocycles. The Balaban J connectivity index is 1.87. The van der Waals surface area contributed by atoms with Gasteiger partial charge in [0.05, 0.1) is 12.7 Å². The fraction of sp³-hybridized carbons (Fsp3) is 0.368. The quantitative estimate of drug-likeness (QED) is 0.925. The number of hydrogen-bond acceptors (Lipinski definition) is 4. The largest absolute Gasteiger partial charge is 0.497 e. The van der Waals surface area contributed by atoms with Gasteiger partial charge in [-0.25, -0.2) is 0 Å². The van der Waals surface area contributed by atoms with Crippen molar-refractivity contribution in [2.45, 2.75) is 33.6 Å². The average molecular weight is 327 g/mol. The average Bonchev–Trinajstić information content (AvgIpc) is 2.83. The van der Waals surface area contributed by atoms with Crippen LogP contribution in [0, 0.1) is 12.3 Å². The van der Waals surface area contributed by atoms with E-state index in [2.05, 4.69) is 5.32 Å². The molecule has 1 aromatic heterocycles. The second kappa shape index (κ2) is 5.82. The van der Waals surface area contributed by atoms with Crippen molar-refractivity contribution in [3.05, 3.63) is 46.9 Å². The summed E-state index contributed by atoms with van der Waals surface area (Å²) in [5.41, 5.74) is 1.70. The minimum atomic E-state index is -0.349. The number of hydrogen-bond donors (Lipinski definition) is 1. The van der Waals surface area contributed by atoms with Gasteiger partial charge in [-0.05, 0) is 36.6 Å². The molecular formula is C19H21NO4. The Hall–Kier alpha value is -2.56. The van der Waals surface area contributed by atoms with E-state index in [0.717, 1.165) is 0 Å². The van der Waals surface area contributed by atoms with Crippen LogP contribution in [0.15, 0.2) is 28.7 Å². The lowest BCUT2D eigenvalue weighted by Gasteiger charge is -2.27. The Morgan fingerprint density at radius 1 is 1.21 bits per heavy atom. The number of rotatable bonds is 3. The molecule has 0 radical (unpaired) electrons. The Morgan fingerprint density at radius 2 is 1.88 bits per heavy atom. The minimum absolute atomic E-state index is 0.0472. The molecule has 5 nitrogen and oxygen atoms in total. The number of carbonyl (C=O) groups excluding carboxylic acids is 2. The van der Waals surface area contributed by atoms with Crippen molar-refractivity contribution >= 4 is 17.4 Å². The fourth-order valence-electron chi connectivity index (χ4n) is 3.16. The van der Waals surface area contributed by atoms with Crippen molar-refractivity contribution in [3.8, 4) is 5.75 Å². The van der Waals surface area contributed by atoms with Gasteiger partial charge in [-0.1, -0.05) is 13.8 Å². The van der Waals surface area contributed by atoms with Crippen LogP contribution in [0.2, 0.25) is 0 Å². The van der Waals surface area contributed by atoms with E-state index in [4.69, 9.17) is 9.15 Å². The van der Waals surface area contributed by atoms with Crippen LogP contribution >= 0.6 is 0 Å². The van der Waals surface area contributed by atoms with Gasteiger partial charge in [0, 0.05) is 24.1 Å². The van der Waals surface area contributed by atoms with Crippen LogP contribution in [0.4, 0.5) is 5.69 Å². The Labute approximate surface area is 141 Å². The Kier molecular flexibility index (Phi) is 3.95. The highest BCUT2D eigenvalue weighted by Crippen LogP contribution is 2.38. The summed E-state index contributed by atoms with van der Waals surface area (Å²) in [5, 5.41) is 2.80. The zero-order valence-electron chi connectivity index (χ0n) is 14.4. The molecule has 0 spiro atoms. The topological polar surface area (TPSA) is 68.5 Å². The molecule has 0 unspecified atom stereocenters. The summed E-state index contributed by atoms with van der Waals surface area (Å²) in [6.45, 7) is 5.83. The zero-order chi connectivity index (χ0) is 17.5. The summed E-state index contributed by atoms with van der Waals surface area (Å²) in [7, 11) is 1.59. The summed E-state index contributed by atoms with van der Waals surface area (Å²) in [4.78, 5) is 24.9. The van der Waals surface area contributed by atoms with Gasteiger partial charge in [0.1, 0.15) is 11.5 Å². The molecule has 5 heteroatoms. The van der Waals surface area contributed by atoms with Gasteiger partial charge in [-0.2, -0.15) is 0 Å².